The molecule has 2 atom stereocenters. The van der Waals surface area contributed by atoms with E-state index < -0.39 is 12.3 Å². The van der Waals surface area contributed by atoms with Crippen LogP contribution in [0.25, 0.3) is 11.1 Å². The van der Waals surface area contributed by atoms with Crippen molar-refractivity contribution in [2.45, 2.75) is 39.1 Å². The van der Waals surface area contributed by atoms with E-state index in [-0.39, 0.29) is 18.1 Å². The van der Waals surface area contributed by atoms with Crippen molar-refractivity contribution in [1.29, 1.82) is 0 Å². The zero-order valence-electron chi connectivity index (χ0n) is 18.6. The van der Waals surface area contributed by atoms with Crippen LogP contribution in [-0.4, -0.2) is 51.2 Å². The highest BCUT2D eigenvalue weighted by Crippen LogP contribution is 2.27. The highest BCUT2D eigenvalue weighted by molar-refractivity contribution is 6.31. The molecule has 1 aliphatic heterocycles. The topological polar surface area (TPSA) is 78.4 Å². The second kappa shape index (κ2) is 9.95. The highest BCUT2D eigenvalue weighted by Gasteiger charge is 2.27. The number of alkyl halides is 1. The summed E-state index contributed by atoms with van der Waals surface area (Å²) in [6.07, 6.45) is 1.48. The number of hydrogen-bond donors (Lipinski definition) is 2. The molecular weight excluding hydrogens is 443 g/mol. The molecule has 172 valence electrons. The lowest BCUT2D eigenvalue weighted by atomic mass is 10.0. The van der Waals surface area contributed by atoms with E-state index in [1.165, 1.54) is 0 Å². The van der Waals surface area contributed by atoms with Gasteiger partial charge < -0.3 is 10.4 Å². The fourth-order valence-corrected chi connectivity index (χ4v) is 4.00. The quantitative estimate of drug-likeness (QED) is 0.573. The third kappa shape index (κ3) is 5.74. The molecule has 2 N–H and O–H groups in total. The van der Waals surface area contributed by atoms with Crippen molar-refractivity contribution in [2.75, 3.05) is 18.4 Å². The van der Waals surface area contributed by atoms with Crippen LogP contribution in [0.15, 0.2) is 48.8 Å². The Balaban J connectivity index is 1.62. The summed E-state index contributed by atoms with van der Waals surface area (Å²) in [5, 5.41) is 13.3. The van der Waals surface area contributed by atoms with Gasteiger partial charge in [0.1, 0.15) is 11.9 Å². The summed E-state index contributed by atoms with van der Waals surface area (Å²) in [6, 6.07) is 11.2. The zero-order chi connectivity index (χ0) is 23.5. The number of aliphatic hydroxyl groups excluding tert-OH is 1. The molecule has 4 rings (SSSR count). The zero-order valence-corrected chi connectivity index (χ0v) is 19.3. The Morgan fingerprint density at radius 1 is 1.18 bits per heavy atom. The van der Waals surface area contributed by atoms with Crippen molar-refractivity contribution in [3.63, 3.8) is 0 Å². The van der Waals surface area contributed by atoms with Crippen LogP contribution in [0.1, 0.15) is 33.7 Å². The summed E-state index contributed by atoms with van der Waals surface area (Å²) >= 11 is 6.16. The van der Waals surface area contributed by atoms with Gasteiger partial charge in [-0.1, -0.05) is 17.7 Å². The van der Waals surface area contributed by atoms with E-state index in [0.717, 1.165) is 27.9 Å². The Bertz CT molecular complexity index is 1160. The normalized spacial score (nSPS) is 18.8. The van der Waals surface area contributed by atoms with E-state index >= 15 is 0 Å². The number of rotatable bonds is 5. The fourth-order valence-electron chi connectivity index (χ4n) is 3.85. The molecule has 3 heterocycles. The van der Waals surface area contributed by atoms with Gasteiger partial charge in [-0.15, -0.1) is 0 Å². The smallest absolute Gasteiger partial charge is 0.274 e. The maximum atomic E-state index is 13.7. The number of aliphatic hydroxyl groups is 1. The van der Waals surface area contributed by atoms with Crippen LogP contribution >= 0.6 is 11.6 Å². The first-order valence-electron chi connectivity index (χ1n) is 10.8. The predicted octanol–water partition coefficient (Wildman–Crippen LogP) is 4.57. The number of amides is 1. The average molecular weight is 469 g/mol. The second-order valence-corrected chi connectivity index (χ2v) is 8.89. The van der Waals surface area contributed by atoms with Gasteiger partial charge in [-0.3, -0.25) is 19.7 Å². The van der Waals surface area contributed by atoms with Crippen molar-refractivity contribution in [2.24, 2.45) is 0 Å². The molecule has 0 radical (unpaired) electrons. The molecule has 2 aromatic heterocycles. The number of anilines is 1. The van der Waals surface area contributed by atoms with Crippen LogP contribution in [0.2, 0.25) is 5.02 Å². The van der Waals surface area contributed by atoms with Crippen LogP contribution in [0.5, 0.6) is 0 Å². The predicted molar refractivity (Wildman–Crippen MR) is 127 cm³/mol. The lowest BCUT2D eigenvalue weighted by Gasteiger charge is -2.32. The van der Waals surface area contributed by atoms with Gasteiger partial charge in [0, 0.05) is 54.0 Å². The molecule has 0 saturated carbocycles. The van der Waals surface area contributed by atoms with Gasteiger partial charge in [-0.25, -0.2) is 4.39 Å². The monoisotopic (exact) mass is 468 g/mol. The number of carbonyl (C=O) groups excluding carboxylic acids is 1. The number of halogens is 2. The molecule has 1 amide bonds. The summed E-state index contributed by atoms with van der Waals surface area (Å²) in [7, 11) is 0. The van der Waals surface area contributed by atoms with Gasteiger partial charge in [0.15, 0.2) is 0 Å². The molecule has 1 saturated heterocycles. The number of pyridine rings is 2. The van der Waals surface area contributed by atoms with Crippen molar-refractivity contribution < 1.29 is 14.3 Å². The molecule has 33 heavy (non-hydrogen) atoms. The standard InChI is InChI=1S/C25H26ClFN4O2/c1-15-11-29-23(10-21(15)26)25(33)30-20-8-17(13-31-6-5-22(27)24(32)14-31)7-19(9-20)18-4-3-16(2)28-12-18/h3-4,7-12,22,24,32H,5-6,13-14H2,1-2H3,(H,30,33)/t22-,24-/m1/s1. The van der Waals surface area contributed by atoms with E-state index in [0.29, 0.717) is 30.2 Å². The number of carbonyl (C=O) groups is 1. The van der Waals surface area contributed by atoms with Crippen molar-refractivity contribution in [1.82, 2.24) is 14.9 Å². The number of β-amino-alcohol motifs (C(OH)–C–C–N with tert-alkyl or cyclic N) is 1. The molecule has 1 fully saturated rings. The Hall–Kier alpha value is -2.87. The second-order valence-electron chi connectivity index (χ2n) is 8.49. The average Bonchev–Trinajstić information content (AvgIpc) is 2.78. The first-order valence-corrected chi connectivity index (χ1v) is 11.2. The third-order valence-electron chi connectivity index (χ3n) is 5.76. The Labute approximate surface area is 197 Å². The minimum Gasteiger partial charge on any atom is -0.389 e. The number of nitrogens with one attached hydrogen (secondary N) is 1. The van der Waals surface area contributed by atoms with Crippen molar-refractivity contribution in [3.05, 3.63) is 76.3 Å². The minimum absolute atomic E-state index is 0.225. The molecular formula is C25H26ClFN4O2. The van der Waals surface area contributed by atoms with E-state index in [4.69, 9.17) is 11.6 Å². The number of nitrogens with zero attached hydrogens (tertiary/aromatic N) is 3. The van der Waals surface area contributed by atoms with Crippen molar-refractivity contribution in [3.8, 4) is 11.1 Å². The largest absolute Gasteiger partial charge is 0.389 e. The summed E-state index contributed by atoms with van der Waals surface area (Å²) in [6.45, 7) is 5.10. The number of hydrogen-bond acceptors (Lipinski definition) is 5. The summed E-state index contributed by atoms with van der Waals surface area (Å²) in [5.41, 5.74) is 5.28. The van der Waals surface area contributed by atoms with E-state index in [1.54, 1.807) is 18.5 Å². The molecule has 1 aromatic carbocycles. The minimum atomic E-state index is -1.19. The Morgan fingerprint density at radius 2 is 2.00 bits per heavy atom. The maximum Gasteiger partial charge on any atom is 0.274 e. The Morgan fingerprint density at radius 3 is 2.70 bits per heavy atom. The van der Waals surface area contributed by atoms with Gasteiger partial charge in [-0.2, -0.15) is 0 Å². The van der Waals surface area contributed by atoms with E-state index in [9.17, 15) is 14.3 Å². The molecule has 0 unspecified atom stereocenters. The first kappa shape index (κ1) is 23.3. The summed E-state index contributed by atoms with van der Waals surface area (Å²) in [4.78, 5) is 23.4. The Kier molecular flexibility index (Phi) is 7.02. The van der Waals surface area contributed by atoms with Crippen molar-refractivity contribution >= 4 is 23.2 Å². The molecule has 3 aromatic rings. The summed E-state index contributed by atoms with van der Waals surface area (Å²) in [5.74, 6) is -0.365. The van der Waals surface area contributed by atoms with Crippen LogP contribution in [0.4, 0.5) is 10.1 Å². The molecule has 1 aliphatic rings. The van der Waals surface area contributed by atoms with Gasteiger partial charge in [0.25, 0.3) is 5.91 Å². The van der Waals surface area contributed by atoms with Crippen LogP contribution < -0.4 is 5.32 Å². The van der Waals surface area contributed by atoms with Crippen LogP contribution in [-0.2, 0) is 6.54 Å². The molecule has 8 heteroatoms. The van der Waals surface area contributed by atoms with E-state index in [1.807, 2.05) is 49.1 Å². The molecule has 0 aliphatic carbocycles. The molecule has 6 nitrogen and oxygen atoms in total. The molecule has 0 bridgehead atoms. The lowest BCUT2D eigenvalue weighted by Crippen LogP contribution is -2.44. The SMILES string of the molecule is Cc1ccc(-c2cc(CN3CC[C@@H](F)[C@H](O)C3)cc(NC(=O)c3cc(Cl)c(C)cn3)c2)cn1. The van der Waals surface area contributed by atoms with E-state index in [2.05, 4.69) is 15.3 Å². The molecule has 0 spiro atoms. The van der Waals surface area contributed by atoms with Crippen LogP contribution in [0.3, 0.4) is 0 Å². The van der Waals surface area contributed by atoms with Crippen LogP contribution in [0, 0.1) is 13.8 Å². The maximum absolute atomic E-state index is 13.7. The third-order valence-corrected chi connectivity index (χ3v) is 6.16. The number of likely N-dealkylation sites (tertiary alicyclic amines) is 1. The first-order chi connectivity index (χ1) is 15.8. The lowest BCUT2D eigenvalue weighted by molar-refractivity contribution is 0.000912. The van der Waals surface area contributed by atoms with Gasteiger partial charge in [-0.05, 0) is 67.3 Å². The fraction of sp³-hybridized carbons (Fsp3) is 0.320. The van der Waals surface area contributed by atoms with Gasteiger partial charge in [0.2, 0.25) is 0 Å². The number of piperidine rings is 1. The summed E-state index contributed by atoms with van der Waals surface area (Å²) < 4.78 is 13.7. The number of aryl methyl sites for hydroxylation is 2. The highest BCUT2D eigenvalue weighted by atomic mass is 35.5. The van der Waals surface area contributed by atoms with Gasteiger partial charge in [0.05, 0.1) is 6.10 Å². The van der Waals surface area contributed by atoms with Gasteiger partial charge >= 0.3 is 0 Å². The number of aromatic nitrogens is 2. The number of benzene rings is 1.